The van der Waals surface area contributed by atoms with Crippen molar-refractivity contribution in [1.29, 1.82) is 0 Å². The van der Waals surface area contributed by atoms with E-state index in [2.05, 4.69) is 58.8 Å². The molecule has 1 aromatic rings. The molecule has 0 N–H and O–H groups in total. The number of hydrogen-bond donors (Lipinski definition) is 0. The quantitative estimate of drug-likeness (QED) is 0.785. The number of rotatable bonds is 2. The Balaban J connectivity index is 1.93. The van der Waals surface area contributed by atoms with Gasteiger partial charge in [-0.1, -0.05) is 12.1 Å². The van der Waals surface area contributed by atoms with Crippen LogP contribution in [0.5, 0.6) is 5.75 Å². The van der Waals surface area contributed by atoms with Crippen LogP contribution in [0.2, 0.25) is 0 Å². The van der Waals surface area contributed by atoms with Crippen LogP contribution in [-0.4, -0.2) is 43.9 Å². The zero-order valence-electron chi connectivity index (χ0n) is 14.5. The molecular weight excluding hydrogens is 277 g/mol. The molecule has 0 spiro atoms. The maximum atomic E-state index is 6.16. The van der Waals surface area contributed by atoms with Gasteiger partial charge >= 0.3 is 7.12 Å². The van der Waals surface area contributed by atoms with Gasteiger partial charge in [0.05, 0.1) is 17.8 Å². The van der Waals surface area contributed by atoms with E-state index in [4.69, 9.17) is 14.0 Å². The normalized spacial score (nSPS) is 26.0. The van der Waals surface area contributed by atoms with Crippen LogP contribution in [0.15, 0.2) is 18.2 Å². The summed E-state index contributed by atoms with van der Waals surface area (Å²) in [5.74, 6) is 0.977. The Kier molecular flexibility index (Phi) is 3.79. The lowest BCUT2D eigenvalue weighted by atomic mass is 9.77. The van der Waals surface area contributed by atoms with Crippen molar-refractivity contribution < 1.29 is 14.0 Å². The third-order valence-corrected chi connectivity index (χ3v) is 5.19. The summed E-state index contributed by atoms with van der Waals surface area (Å²) in [4.78, 5) is 2.25. The number of benzene rings is 1. The largest absolute Gasteiger partial charge is 0.494 e. The Morgan fingerprint density at radius 3 is 2.32 bits per heavy atom. The zero-order valence-corrected chi connectivity index (χ0v) is 14.5. The highest BCUT2D eigenvalue weighted by molar-refractivity contribution is 6.62. The first kappa shape index (κ1) is 15.8. The molecule has 0 saturated carbocycles. The van der Waals surface area contributed by atoms with Gasteiger partial charge in [-0.3, -0.25) is 0 Å². The molecule has 1 atom stereocenters. The van der Waals surface area contributed by atoms with Crippen LogP contribution in [0.25, 0.3) is 0 Å². The summed E-state index contributed by atoms with van der Waals surface area (Å²) < 4.78 is 18.1. The van der Waals surface area contributed by atoms with Crippen LogP contribution in [-0.2, 0) is 9.31 Å². The Morgan fingerprint density at radius 1 is 1.09 bits per heavy atom. The third kappa shape index (κ3) is 2.55. The highest BCUT2D eigenvalue weighted by Crippen LogP contribution is 2.38. The van der Waals surface area contributed by atoms with E-state index in [-0.39, 0.29) is 18.3 Å². The van der Waals surface area contributed by atoms with Crippen LogP contribution < -0.4 is 10.2 Å². The fourth-order valence-corrected chi connectivity index (χ4v) is 3.06. The highest BCUT2D eigenvalue weighted by Gasteiger charge is 2.51. The molecule has 0 amide bonds. The average molecular weight is 303 g/mol. The molecule has 2 heterocycles. The molecule has 1 saturated heterocycles. The van der Waals surface area contributed by atoms with Gasteiger partial charge < -0.3 is 18.9 Å². The zero-order chi connectivity index (χ0) is 16.1. The van der Waals surface area contributed by atoms with Crippen molar-refractivity contribution in [3.8, 4) is 5.75 Å². The van der Waals surface area contributed by atoms with E-state index in [9.17, 15) is 0 Å². The van der Waals surface area contributed by atoms with Crippen molar-refractivity contribution in [1.82, 2.24) is 4.90 Å². The first-order valence-electron chi connectivity index (χ1n) is 8.00. The van der Waals surface area contributed by atoms with Gasteiger partial charge in [-0.05, 0) is 53.3 Å². The van der Waals surface area contributed by atoms with Gasteiger partial charge in [0.25, 0.3) is 0 Å². The standard InChI is InChI=1S/C17H26BNO3/c1-16(2)17(3,4)22-18(21-16)12-7-8-15-13(11-12)14(19(5)6)9-10-20-15/h7-8,11,14H,9-10H2,1-6H3/t14-/m1/s1. The SMILES string of the molecule is CN(C)[C@@H]1CCOc2ccc(B3OC(C)(C)C(C)(C)O3)cc21. The molecule has 0 bridgehead atoms. The number of ether oxygens (including phenoxy) is 1. The van der Waals surface area contributed by atoms with E-state index in [0.29, 0.717) is 6.04 Å². The van der Waals surface area contributed by atoms with Crippen molar-refractivity contribution in [3.63, 3.8) is 0 Å². The van der Waals surface area contributed by atoms with Crippen LogP contribution in [0.1, 0.15) is 45.7 Å². The minimum atomic E-state index is -0.319. The van der Waals surface area contributed by atoms with Crippen LogP contribution in [0.4, 0.5) is 0 Å². The van der Waals surface area contributed by atoms with Crippen molar-refractivity contribution in [2.24, 2.45) is 0 Å². The second kappa shape index (κ2) is 5.26. The summed E-state index contributed by atoms with van der Waals surface area (Å²) >= 11 is 0. The molecule has 1 fully saturated rings. The summed E-state index contributed by atoms with van der Waals surface area (Å²) in [6.07, 6.45) is 1.01. The van der Waals surface area contributed by atoms with E-state index in [0.717, 1.165) is 24.2 Å². The number of hydrogen-bond acceptors (Lipinski definition) is 4. The van der Waals surface area contributed by atoms with Crippen molar-refractivity contribution in [2.45, 2.75) is 51.4 Å². The Labute approximate surface area is 133 Å². The molecule has 4 nitrogen and oxygen atoms in total. The maximum Gasteiger partial charge on any atom is 0.494 e. The minimum Gasteiger partial charge on any atom is -0.493 e. The van der Waals surface area contributed by atoms with Crippen LogP contribution >= 0.6 is 0 Å². The average Bonchev–Trinajstić information content (AvgIpc) is 2.66. The van der Waals surface area contributed by atoms with Gasteiger partial charge in [0.1, 0.15) is 5.75 Å². The van der Waals surface area contributed by atoms with Gasteiger partial charge in [-0.2, -0.15) is 0 Å². The second-order valence-corrected chi connectivity index (χ2v) is 7.50. The molecule has 1 aromatic carbocycles. The summed E-state index contributed by atoms with van der Waals surface area (Å²) in [6.45, 7) is 9.09. The maximum absolute atomic E-state index is 6.16. The molecule has 0 unspecified atom stereocenters. The summed E-state index contributed by atoms with van der Waals surface area (Å²) in [7, 11) is 3.91. The summed E-state index contributed by atoms with van der Waals surface area (Å²) in [5.41, 5.74) is 1.66. The minimum absolute atomic E-state index is 0.314. The molecule has 120 valence electrons. The summed E-state index contributed by atoms with van der Waals surface area (Å²) in [6, 6.07) is 6.66. The van der Waals surface area contributed by atoms with E-state index in [1.807, 2.05) is 6.07 Å². The Hall–Kier alpha value is -1.04. The monoisotopic (exact) mass is 303 g/mol. The number of fused-ring (bicyclic) bond motifs is 1. The van der Waals surface area contributed by atoms with E-state index in [1.165, 1.54) is 5.56 Å². The Morgan fingerprint density at radius 2 is 1.73 bits per heavy atom. The first-order chi connectivity index (χ1) is 10.2. The lowest BCUT2D eigenvalue weighted by Crippen LogP contribution is -2.41. The lowest BCUT2D eigenvalue weighted by Gasteiger charge is -2.32. The Bertz CT molecular complexity index is 555. The fraction of sp³-hybridized carbons (Fsp3) is 0.647. The van der Waals surface area contributed by atoms with Gasteiger partial charge in [0, 0.05) is 18.0 Å². The third-order valence-electron chi connectivity index (χ3n) is 5.19. The van der Waals surface area contributed by atoms with Crippen LogP contribution in [0, 0.1) is 0 Å². The predicted octanol–water partition coefficient (Wildman–Crippen LogP) is 2.37. The van der Waals surface area contributed by atoms with Crippen molar-refractivity contribution in [3.05, 3.63) is 23.8 Å². The highest BCUT2D eigenvalue weighted by atomic mass is 16.7. The lowest BCUT2D eigenvalue weighted by molar-refractivity contribution is 0.00578. The summed E-state index contributed by atoms with van der Waals surface area (Å²) in [5, 5.41) is 0. The van der Waals surface area contributed by atoms with E-state index < -0.39 is 0 Å². The second-order valence-electron chi connectivity index (χ2n) is 7.50. The van der Waals surface area contributed by atoms with Gasteiger partial charge in [-0.15, -0.1) is 0 Å². The van der Waals surface area contributed by atoms with E-state index >= 15 is 0 Å². The molecule has 3 rings (SSSR count). The number of nitrogens with zero attached hydrogens (tertiary/aromatic N) is 1. The molecule has 0 aliphatic carbocycles. The molecule has 0 aromatic heterocycles. The van der Waals surface area contributed by atoms with Crippen molar-refractivity contribution in [2.75, 3.05) is 20.7 Å². The molecule has 22 heavy (non-hydrogen) atoms. The molecule has 0 radical (unpaired) electrons. The topological polar surface area (TPSA) is 30.9 Å². The smallest absolute Gasteiger partial charge is 0.493 e. The van der Waals surface area contributed by atoms with Gasteiger partial charge in [0.2, 0.25) is 0 Å². The molecule has 2 aliphatic heterocycles. The van der Waals surface area contributed by atoms with Crippen molar-refractivity contribution >= 4 is 12.6 Å². The van der Waals surface area contributed by atoms with E-state index in [1.54, 1.807) is 0 Å². The van der Waals surface area contributed by atoms with Crippen LogP contribution in [0.3, 0.4) is 0 Å². The predicted molar refractivity (Wildman–Crippen MR) is 88.7 cm³/mol. The molecule has 5 heteroatoms. The first-order valence-corrected chi connectivity index (χ1v) is 8.00. The molecular formula is C17H26BNO3. The van der Waals surface area contributed by atoms with Gasteiger partial charge in [0.15, 0.2) is 0 Å². The molecule has 2 aliphatic rings. The van der Waals surface area contributed by atoms with Gasteiger partial charge in [-0.25, -0.2) is 0 Å². The fourth-order valence-electron chi connectivity index (χ4n) is 3.06.